The van der Waals surface area contributed by atoms with Crippen molar-refractivity contribution in [2.75, 3.05) is 44.7 Å². The van der Waals surface area contributed by atoms with Crippen molar-refractivity contribution in [3.05, 3.63) is 45.1 Å². The number of benzene rings is 1. The Balaban J connectivity index is 1.93. The summed E-state index contributed by atoms with van der Waals surface area (Å²) < 4.78 is 2.36. The largest absolute Gasteiger partial charge is 0.368 e. The predicted molar refractivity (Wildman–Crippen MR) is 134 cm³/mol. The van der Waals surface area contributed by atoms with Gasteiger partial charge in [0.15, 0.2) is 0 Å². The van der Waals surface area contributed by atoms with E-state index in [2.05, 4.69) is 22.9 Å². The number of nitrogens with zero attached hydrogens (tertiary/aromatic N) is 4. The van der Waals surface area contributed by atoms with Crippen LogP contribution < -0.4 is 10.5 Å². The number of pyridine rings is 1. The fourth-order valence-corrected chi connectivity index (χ4v) is 5.56. The minimum Gasteiger partial charge on any atom is -0.368 e. The lowest BCUT2D eigenvalue weighted by Gasteiger charge is -2.35. The Labute approximate surface area is 192 Å². The van der Waals surface area contributed by atoms with Gasteiger partial charge in [-0.05, 0) is 32.5 Å². The molecule has 2 fully saturated rings. The third-order valence-corrected chi connectivity index (χ3v) is 7.29. The Morgan fingerprint density at radius 1 is 1.10 bits per heavy atom. The summed E-state index contributed by atoms with van der Waals surface area (Å²) in [6.07, 6.45) is 2.62. The molecular formula is C23H28N4O2S2. The smallest absolute Gasteiger partial charge is 0.266 e. The molecule has 3 heterocycles. The molecule has 0 bridgehead atoms. The number of hydrogen-bond acceptors (Lipinski definition) is 6. The molecule has 164 valence electrons. The number of aromatic nitrogens is 1. The maximum atomic E-state index is 13.6. The molecule has 1 amide bonds. The van der Waals surface area contributed by atoms with Gasteiger partial charge in [0.2, 0.25) is 0 Å². The number of carbonyl (C=O) groups is 1. The summed E-state index contributed by atoms with van der Waals surface area (Å²) in [5, 5.41) is 1.05. The number of anilines is 1. The van der Waals surface area contributed by atoms with E-state index in [1.165, 1.54) is 11.8 Å². The zero-order valence-corrected chi connectivity index (χ0v) is 19.9. The van der Waals surface area contributed by atoms with Crippen LogP contribution in [-0.4, -0.2) is 64.4 Å². The van der Waals surface area contributed by atoms with Crippen LogP contribution in [0.2, 0.25) is 0 Å². The third kappa shape index (κ3) is 4.04. The van der Waals surface area contributed by atoms with Gasteiger partial charge in [0, 0.05) is 44.7 Å². The summed E-state index contributed by atoms with van der Waals surface area (Å²) in [5.41, 5.74) is 2.39. The van der Waals surface area contributed by atoms with Crippen molar-refractivity contribution in [2.24, 2.45) is 0 Å². The van der Waals surface area contributed by atoms with Crippen molar-refractivity contribution in [2.45, 2.75) is 26.8 Å². The van der Waals surface area contributed by atoms with Crippen molar-refractivity contribution in [3.8, 4) is 0 Å². The first-order valence-electron chi connectivity index (χ1n) is 10.8. The lowest BCUT2D eigenvalue weighted by molar-refractivity contribution is -0.122. The molecule has 0 radical (unpaired) electrons. The van der Waals surface area contributed by atoms with Crippen LogP contribution >= 0.6 is 24.0 Å². The topological polar surface area (TPSA) is 48.8 Å². The zero-order chi connectivity index (χ0) is 22.1. The molecular weight excluding hydrogens is 428 g/mol. The zero-order valence-electron chi connectivity index (χ0n) is 18.3. The predicted octanol–water partition coefficient (Wildman–Crippen LogP) is 3.38. The van der Waals surface area contributed by atoms with E-state index in [0.717, 1.165) is 49.2 Å². The van der Waals surface area contributed by atoms with Crippen LogP contribution in [0.4, 0.5) is 5.69 Å². The molecule has 6 nitrogen and oxygen atoms in total. The summed E-state index contributed by atoms with van der Waals surface area (Å²) in [7, 11) is 2.12. The normalized spacial score (nSPS) is 19.3. The Morgan fingerprint density at radius 2 is 1.81 bits per heavy atom. The number of aryl methyl sites for hydroxylation is 1. The van der Waals surface area contributed by atoms with Gasteiger partial charge in [-0.15, -0.1) is 0 Å². The summed E-state index contributed by atoms with van der Waals surface area (Å²) in [6.45, 7) is 8.73. The van der Waals surface area contributed by atoms with Crippen molar-refractivity contribution in [1.82, 2.24) is 14.4 Å². The number of thioether (sulfide) groups is 1. The van der Waals surface area contributed by atoms with Gasteiger partial charge in [-0.25, -0.2) is 0 Å². The SMILES string of the molecule is CCCN1C(=O)C(=Cc2c(N3CCN(C)CC3)c3ccccc3n(CC)c2=O)SC1=S. The number of piperazine rings is 1. The van der Waals surface area contributed by atoms with Crippen LogP contribution in [0.15, 0.2) is 34.0 Å². The van der Waals surface area contributed by atoms with Crippen molar-refractivity contribution in [3.63, 3.8) is 0 Å². The molecule has 0 N–H and O–H groups in total. The van der Waals surface area contributed by atoms with E-state index in [4.69, 9.17) is 12.2 Å². The maximum absolute atomic E-state index is 13.6. The lowest BCUT2D eigenvalue weighted by atomic mass is 10.1. The van der Waals surface area contributed by atoms with Crippen LogP contribution in [0, 0.1) is 0 Å². The molecule has 2 aliphatic rings. The molecule has 31 heavy (non-hydrogen) atoms. The summed E-state index contributed by atoms with van der Waals surface area (Å²) in [4.78, 5) is 33.4. The summed E-state index contributed by atoms with van der Waals surface area (Å²) >= 11 is 6.73. The summed E-state index contributed by atoms with van der Waals surface area (Å²) in [6, 6.07) is 8.06. The average Bonchev–Trinajstić information content (AvgIpc) is 3.03. The number of likely N-dealkylation sites (N-methyl/N-ethyl adjacent to an activating group) is 1. The Hall–Kier alpha value is -2.16. The summed E-state index contributed by atoms with van der Waals surface area (Å²) in [5.74, 6) is -0.100. The monoisotopic (exact) mass is 456 g/mol. The van der Waals surface area contributed by atoms with Crippen LogP contribution in [-0.2, 0) is 11.3 Å². The molecule has 2 aromatic rings. The van der Waals surface area contributed by atoms with Crippen LogP contribution in [0.3, 0.4) is 0 Å². The lowest BCUT2D eigenvalue weighted by Crippen LogP contribution is -2.45. The van der Waals surface area contributed by atoms with Gasteiger partial charge >= 0.3 is 0 Å². The fourth-order valence-electron chi connectivity index (χ4n) is 4.27. The molecule has 1 aromatic heterocycles. The first-order valence-corrected chi connectivity index (χ1v) is 12.0. The molecule has 2 aliphatic heterocycles. The molecule has 0 unspecified atom stereocenters. The molecule has 1 aromatic carbocycles. The Morgan fingerprint density at radius 3 is 2.48 bits per heavy atom. The first-order chi connectivity index (χ1) is 15.0. The molecule has 8 heteroatoms. The van der Waals surface area contributed by atoms with E-state index in [9.17, 15) is 9.59 Å². The number of thiocarbonyl (C=S) groups is 1. The quantitative estimate of drug-likeness (QED) is 0.508. The standard InChI is InChI=1S/C23H28N4O2S2/c1-4-10-27-22(29)19(31-23(27)30)15-17-20(25-13-11-24(3)12-14-25)16-8-6-7-9-18(16)26(5-2)21(17)28/h6-9,15H,4-5,10-14H2,1-3H3. The number of para-hydroxylation sites is 1. The van der Waals surface area contributed by atoms with Gasteiger partial charge in [0.05, 0.1) is 21.7 Å². The maximum Gasteiger partial charge on any atom is 0.266 e. The number of fused-ring (bicyclic) bond motifs is 1. The van der Waals surface area contributed by atoms with Crippen molar-refractivity contribution < 1.29 is 4.79 Å². The van der Waals surface area contributed by atoms with Crippen molar-refractivity contribution in [1.29, 1.82) is 0 Å². The highest BCUT2D eigenvalue weighted by Gasteiger charge is 2.32. The van der Waals surface area contributed by atoms with Gasteiger partial charge < -0.3 is 14.4 Å². The van der Waals surface area contributed by atoms with Crippen LogP contribution in [0.1, 0.15) is 25.8 Å². The van der Waals surface area contributed by atoms with Crippen molar-refractivity contribution >= 4 is 56.9 Å². The van der Waals surface area contributed by atoms with Gasteiger partial charge in [-0.1, -0.05) is 49.1 Å². The second-order valence-electron chi connectivity index (χ2n) is 7.95. The van der Waals surface area contributed by atoms with E-state index in [1.54, 1.807) is 15.5 Å². The molecule has 0 aliphatic carbocycles. The van der Waals surface area contributed by atoms with Gasteiger partial charge in [0.1, 0.15) is 4.32 Å². The van der Waals surface area contributed by atoms with Gasteiger partial charge in [0.25, 0.3) is 11.5 Å². The highest BCUT2D eigenvalue weighted by atomic mass is 32.2. The van der Waals surface area contributed by atoms with Crippen LogP contribution in [0.5, 0.6) is 0 Å². The first kappa shape index (κ1) is 22.0. The Kier molecular flexibility index (Phi) is 6.50. The third-order valence-electron chi connectivity index (χ3n) is 5.91. The fraction of sp³-hybridized carbons (Fsp3) is 0.435. The van der Waals surface area contributed by atoms with E-state index in [0.29, 0.717) is 27.9 Å². The molecule has 2 saturated heterocycles. The number of carbonyl (C=O) groups excluding carboxylic acids is 1. The van der Waals surface area contributed by atoms with Gasteiger partial charge in [-0.2, -0.15) is 0 Å². The van der Waals surface area contributed by atoms with E-state index < -0.39 is 0 Å². The Bertz CT molecular complexity index is 1120. The molecule has 0 saturated carbocycles. The molecule has 0 atom stereocenters. The van der Waals surface area contributed by atoms with E-state index in [1.807, 2.05) is 32.0 Å². The number of hydrogen-bond donors (Lipinski definition) is 0. The highest BCUT2D eigenvalue weighted by Crippen LogP contribution is 2.36. The number of rotatable bonds is 5. The second-order valence-corrected chi connectivity index (χ2v) is 9.63. The minimum absolute atomic E-state index is 0.0594. The van der Waals surface area contributed by atoms with E-state index >= 15 is 0 Å². The minimum atomic E-state index is -0.100. The second kappa shape index (κ2) is 9.14. The van der Waals surface area contributed by atoms with Gasteiger partial charge in [-0.3, -0.25) is 14.5 Å². The molecule has 0 spiro atoms. The highest BCUT2D eigenvalue weighted by molar-refractivity contribution is 8.26. The number of amides is 1. The van der Waals surface area contributed by atoms with E-state index in [-0.39, 0.29) is 11.5 Å². The molecule has 4 rings (SSSR count). The van der Waals surface area contributed by atoms with Crippen LogP contribution in [0.25, 0.3) is 17.0 Å². The average molecular weight is 457 g/mol.